The van der Waals surface area contributed by atoms with Gasteiger partial charge in [0.1, 0.15) is 30.0 Å². The first-order chi connectivity index (χ1) is 19.9. The zero-order valence-electron chi connectivity index (χ0n) is 25.7. The second-order valence-electron chi connectivity index (χ2n) is 15.6. The second-order valence-corrected chi connectivity index (χ2v) is 15.6. The van der Waals surface area contributed by atoms with Crippen LogP contribution in [0.1, 0.15) is 85.5 Å². The van der Waals surface area contributed by atoms with Gasteiger partial charge in [0.25, 0.3) is 0 Å². The molecule has 0 aromatic heterocycles. The van der Waals surface area contributed by atoms with E-state index in [2.05, 4.69) is 33.8 Å². The van der Waals surface area contributed by atoms with Crippen molar-refractivity contribution >= 4 is 0 Å². The Labute approximate surface area is 249 Å². The minimum Gasteiger partial charge on any atom is -0.394 e. The van der Waals surface area contributed by atoms with E-state index in [1.165, 1.54) is 5.57 Å². The van der Waals surface area contributed by atoms with E-state index < -0.39 is 48.7 Å². The van der Waals surface area contributed by atoms with Gasteiger partial charge in [-0.15, -0.1) is 0 Å². The van der Waals surface area contributed by atoms with Crippen LogP contribution in [0.5, 0.6) is 0 Å². The van der Waals surface area contributed by atoms with E-state index in [1.807, 2.05) is 0 Å². The van der Waals surface area contributed by atoms with Gasteiger partial charge in [0, 0.05) is 17.8 Å². The molecule has 0 unspecified atom stereocenters. The molecule has 0 radical (unpaired) electrons. The minimum atomic E-state index is -1.43. The topological polar surface area (TPSA) is 138 Å². The van der Waals surface area contributed by atoms with E-state index in [0.717, 1.165) is 57.8 Å². The highest BCUT2D eigenvalue weighted by molar-refractivity contribution is 5.29. The lowest BCUT2D eigenvalue weighted by Gasteiger charge is -2.60. The number of aliphatic hydroxyl groups excluding tert-OH is 4. The van der Waals surface area contributed by atoms with Crippen LogP contribution in [0.2, 0.25) is 0 Å². The average Bonchev–Trinajstić information content (AvgIpc) is 3.33. The third-order valence-electron chi connectivity index (χ3n) is 13.8. The maximum Gasteiger partial charge on any atom is 0.186 e. The summed E-state index contributed by atoms with van der Waals surface area (Å²) < 4.78 is 25.0. The Balaban J connectivity index is 1.07. The zero-order valence-corrected chi connectivity index (χ0v) is 25.7. The monoisotopic (exact) mass is 592 g/mol. The Bertz CT molecular complexity index is 1070. The highest BCUT2D eigenvalue weighted by Gasteiger charge is 2.76. The number of fused-ring (bicyclic) bond motifs is 7. The smallest absolute Gasteiger partial charge is 0.186 e. The van der Waals surface area contributed by atoms with Crippen LogP contribution in [0.15, 0.2) is 11.6 Å². The summed E-state index contributed by atoms with van der Waals surface area (Å²) in [5.41, 5.74) is 0.360. The summed E-state index contributed by atoms with van der Waals surface area (Å²) in [6.07, 6.45) is 4.17. The molecule has 3 heterocycles. The minimum absolute atomic E-state index is 0.0517. The molecule has 42 heavy (non-hydrogen) atoms. The lowest BCUT2D eigenvalue weighted by atomic mass is 9.46. The molecule has 5 N–H and O–H groups in total. The van der Waals surface area contributed by atoms with E-state index >= 15 is 0 Å². The summed E-state index contributed by atoms with van der Waals surface area (Å²) in [6.45, 7) is 9.39. The van der Waals surface area contributed by atoms with Crippen molar-refractivity contribution in [2.24, 2.45) is 40.4 Å². The molecular formula is C33H52O9. The van der Waals surface area contributed by atoms with Crippen LogP contribution in [0, 0.1) is 40.4 Å². The predicted octanol–water partition coefficient (Wildman–Crippen LogP) is 2.65. The van der Waals surface area contributed by atoms with Crippen molar-refractivity contribution in [2.45, 2.75) is 140 Å². The summed E-state index contributed by atoms with van der Waals surface area (Å²) in [4.78, 5) is 0. The van der Waals surface area contributed by atoms with E-state index in [4.69, 9.17) is 18.9 Å². The highest BCUT2D eigenvalue weighted by Crippen LogP contribution is 2.72. The highest BCUT2D eigenvalue weighted by atomic mass is 16.7. The third-order valence-corrected chi connectivity index (χ3v) is 13.8. The zero-order chi connectivity index (χ0) is 29.8. The van der Waals surface area contributed by atoms with Crippen molar-refractivity contribution < 1.29 is 44.5 Å². The van der Waals surface area contributed by atoms with Crippen molar-refractivity contribution in [3.05, 3.63) is 11.6 Å². The molecule has 6 fully saturated rings. The van der Waals surface area contributed by atoms with Gasteiger partial charge in [-0.25, -0.2) is 0 Å². The fourth-order valence-corrected chi connectivity index (χ4v) is 11.1. The Kier molecular flexibility index (Phi) is 7.29. The first-order valence-corrected chi connectivity index (χ1v) is 16.6. The first kappa shape index (κ1) is 30.1. The second kappa shape index (κ2) is 10.2. The molecule has 0 amide bonds. The van der Waals surface area contributed by atoms with E-state index in [0.29, 0.717) is 30.3 Å². The van der Waals surface area contributed by atoms with Gasteiger partial charge in [-0.1, -0.05) is 39.3 Å². The fraction of sp³-hybridized carbons (Fsp3) is 0.939. The van der Waals surface area contributed by atoms with E-state index in [-0.39, 0.29) is 29.0 Å². The van der Waals surface area contributed by atoms with Crippen LogP contribution in [-0.2, 0) is 18.9 Å². The van der Waals surface area contributed by atoms with Crippen molar-refractivity contribution in [1.29, 1.82) is 0 Å². The van der Waals surface area contributed by atoms with Crippen LogP contribution in [-0.4, -0.2) is 93.0 Å². The maximum atomic E-state index is 12.6. The summed E-state index contributed by atoms with van der Waals surface area (Å²) in [5.74, 6) is 1.24. The number of allylic oxidation sites excluding steroid dienone is 1. The molecule has 7 aliphatic rings. The van der Waals surface area contributed by atoms with Crippen molar-refractivity contribution in [1.82, 2.24) is 0 Å². The Morgan fingerprint density at radius 3 is 2.48 bits per heavy atom. The Morgan fingerprint density at radius 2 is 1.76 bits per heavy atom. The summed E-state index contributed by atoms with van der Waals surface area (Å²) in [7, 11) is 0. The quantitative estimate of drug-likeness (QED) is 0.313. The molecule has 3 saturated heterocycles. The van der Waals surface area contributed by atoms with Crippen molar-refractivity contribution in [3.8, 4) is 0 Å². The van der Waals surface area contributed by atoms with Crippen LogP contribution < -0.4 is 0 Å². The van der Waals surface area contributed by atoms with E-state index in [9.17, 15) is 25.5 Å². The molecular weight excluding hydrogens is 540 g/mol. The molecule has 3 aliphatic heterocycles. The molecule has 0 aromatic carbocycles. The Hall–Kier alpha value is -0.620. The molecule has 0 aromatic rings. The average molecular weight is 593 g/mol. The lowest BCUT2D eigenvalue weighted by molar-refractivity contribution is -0.313. The lowest BCUT2D eigenvalue weighted by Crippen LogP contribution is -2.60. The number of hydrogen-bond acceptors (Lipinski definition) is 9. The molecule has 4 aliphatic carbocycles. The standard InChI is InChI=1S/C33H52O9/c1-17-7-12-32(39-16-17)18(2)33(38)25(42-32)14-23-21-6-5-19-13-20(8-10-30(19,3)22(21)9-11-31(23,33)4)40-29-28(37)27(36)26(35)24(15-34)41-29/h5,17-18,20-29,34-38H,6-16H2,1-4H3/t17-,18-,20+,21-,22+,23+,24-,25+,26-,27+,28-,29-,30+,31+,32-,33-/m1/s1. The number of ether oxygens (including phenoxy) is 4. The molecule has 238 valence electrons. The van der Waals surface area contributed by atoms with Gasteiger partial charge in [0.05, 0.1) is 25.4 Å². The largest absolute Gasteiger partial charge is 0.394 e. The normalized spacial score (nSPS) is 59.0. The number of rotatable bonds is 3. The number of hydrogen-bond donors (Lipinski definition) is 5. The first-order valence-electron chi connectivity index (χ1n) is 16.6. The molecule has 3 saturated carbocycles. The van der Waals surface area contributed by atoms with Crippen LogP contribution in [0.4, 0.5) is 0 Å². The van der Waals surface area contributed by atoms with Crippen molar-refractivity contribution in [3.63, 3.8) is 0 Å². The molecule has 1 spiro atoms. The fourth-order valence-electron chi connectivity index (χ4n) is 11.1. The molecule has 9 heteroatoms. The van der Waals surface area contributed by atoms with Crippen LogP contribution in [0.25, 0.3) is 0 Å². The van der Waals surface area contributed by atoms with Crippen molar-refractivity contribution in [2.75, 3.05) is 13.2 Å². The summed E-state index contributed by atoms with van der Waals surface area (Å²) in [5, 5.41) is 53.0. The van der Waals surface area contributed by atoms with Crippen LogP contribution >= 0.6 is 0 Å². The Morgan fingerprint density at radius 1 is 0.976 bits per heavy atom. The molecule has 9 nitrogen and oxygen atoms in total. The number of aliphatic hydroxyl groups is 5. The molecule has 0 bridgehead atoms. The molecule has 16 atom stereocenters. The van der Waals surface area contributed by atoms with E-state index in [1.54, 1.807) is 0 Å². The third kappa shape index (κ3) is 4.00. The van der Waals surface area contributed by atoms with Gasteiger partial charge in [0.15, 0.2) is 12.1 Å². The van der Waals surface area contributed by atoms with Gasteiger partial charge in [-0.3, -0.25) is 0 Å². The molecule has 7 rings (SSSR count). The summed E-state index contributed by atoms with van der Waals surface area (Å²) >= 11 is 0. The summed E-state index contributed by atoms with van der Waals surface area (Å²) in [6, 6.07) is 0. The van der Waals surface area contributed by atoms with Gasteiger partial charge in [-0.05, 0) is 80.5 Å². The maximum absolute atomic E-state index is 12.6. The van der Waals surface area contributed by atoms with Gasteiger partial charge < -0.3 is 44.5 Å². The SMILES string of the molecule is C[C@@H]1CC[C@@]2(OC1)O[C@H]1C[C@H]3[C@@H]4CC=C5C[C@@H](O[C@@H]6O[C@H](CO)[C@@H](O)[C@H](O)[C@H]6O)CC[C@]5(C)[C@H]4CC[C@]3(C)[C@@]1(O)[C@@H]2C. The van der Waals surface area contributed by atoms with Crippen LogP contribution in [0.3, 0.4) is 0 Å². The van der Waals surface area contributed by atoms with Gasteiger partial charge in [0.2, 0.25) is 0 Å². The van der Waals surface area contributed by atoms with Gasteiger partial charge in [-0.2, -0.15) is 0 Å². The van der Waals surface area contributed by atoms with Gasteiger partial charge >= 0.3 is 0 Å². The predicted molar refractivity (Wildman–Crippen MR) is 152 cm³/mol.